The maximum absolute atomic E-state index is 7.89. The van der Waals surface area contributed by atoms with E-state index >= 15 is 0 Å². The van der Waals surface area contributed by atoms with Crippen molar-refractivity contribution in [2.75, 3.05) is 6.16 Å². The Morgan fingerprint density at radius 2 is 1.00 bits per heavy atom. The number of nitrogens with two attached hydrogens (primary N) is 1. The molecule has 0 aromatic heterocycles. The van der Waals surface area contributed by atoms with E-state index < -0.39 is 7.26 Å². The Morgan fingerprint density at radius 3 is 1.44 bits per heavy atom. The van der Waals surface area contributed by atoms with Gasteiger partial charge in [-0.1, -0.05) is 67.4 Å². The van der Waals surface area contributed by atoms with Crippen LogP contribution in [0, 0.1) is 10.8 Å². The zero-order chi connectivity index (χ0) is 22.7. The molecule has 3 aromatic carbocycles. The maximum atomic E-state index is 7.89. The smallest absolute Gasteiger partial charge is 0.112 e. The van der Waals surface area contributed by atoms with Crippen molar-refractivity contribution in [1.29, 1.82) is 10.8 Å². The first-order valence-electron chi connectivity index (χ1n) is 11.6. The monoisotopic (exact) mass is 444 g/mol. The second kappa shape index (κ2) is 12.3. The lowest BCUT2D eigenvalue weighted by Crippen LogP contribution is -2.33. The summed E-state index contributed by atoms with van der Waals surface area (Å²) in [5.74, 6) is 0.0954. The molecule has 32 heavy (non-hydrogen) atoms. The van der Waals surface area contributed by atoms with E-state index in [4.69, 9.17) is 16.6 Å². The molecule has 0 bridgehead atoms. The predicted molar refractivity (Wildman–Crippen MR) is 142 cm³/mol. The third-order valence-electron chi connectivity index (χ3n) is 5.97. The van der Waals surface area contributed by atoms with Gasteiger partial charge in [0.15, 0.2) is 0 Å². The molecule has 0 saturated carbocycles. The lowest BCUT2D eigenvalue weighted by atomic mass is 10.1. The van der Waals surface area contributed by atoms with E-state index in [1.54, 1.807) is 0 Å². The Morgan fingerprint density at radius 1 is 0.594 bits per heavy atom. The first kappa shape index (κ1) is 23.9. The second-order valence-corrected chi connectivity index (χ2v) is 12.0. The van der Waals surface area contributed by atoms with Crippen LogP contribution in [0.2, 0.25) is 0 Å². The quantitative estimate of drug-likeness (QED) is 0.135. The van der Waals surface area contributed by atoms with Crippen molar-refractivity contribution in [2.24, 2.45) is 5.73 Å². The Kier molecular flexibility index (Phi) is 9.19. The molecule has 0 unspecified atom stereocenters. The normalized spacial score (nSPS) is 11.2. The minimum atomic E-state index is -1.71. The Labute approximate surface area is 193 Å². The molecule has 4 N–H and O–H groups in total. The summed E-state index contributed by atoms with van der Waals surface area (Å²) >= 11 is 0. The number of nitrogens with one attached hydrogen (secondary N) is 2. The van der Waals surface area contributed by atoms with Gasteiger partial charge < -0.3 is 11.1 Å². The van der Waals surface area contributed by atoms with Crippen molar-refractivity contribution in [3.63, 3.8) is 0 Å². The summed E-state index contributed by atoms with van der Waals surface area (Å²) in [6, 6.07) is 33.2. The maximum Gasteiger partial charge on any atom is 0.112 e. The molecule has 0 atom stereocenters. The summed E-state index contributed by atoms with van der Waals surface area (Å²) in [5.41, 5.74) is 5.98. The van der Waals surface area contributed by atoms with Gasteiger partial charge in [-0.2, -0.15) is 0 Å². The summed E-state index contributed by atoms with van der Waals surface area (Å²) in [6.07, 6.45) is 7.98. The van der Waals surface area contributed by atoms with Gasteiger partial charge in [0, 0.05) is 12.1 Å². The highest BCUT2D eigenvalue weighted by molar-refractivity contribution is 7.95. The lowest BCUT2D eigenvalue weighted by molar-refractivity contribution is 0.643. The molecule has 0 aliphatic carbocycles. The van der Waals surface area contributed by atoms with Crippen LogP contribution in [0.3, 0.4) is 0 Å². The van der Waals surface area contributed by atoms with Gasteiger partial charge in [-0.15, -0.1) is 0 Å². The number of unbranched alkanes of at least 4 members (excludes halogenated alkanes) is 4. The molecular weight excluding hydrogens is 409 g/mol. The first-order valence-corrected chi connectivity index (χ1v) is 13.5. The fraction of sp³-hybridized carbons (Fsp3) is 0.286. The molecule has 0 spiro atoms. The number of hydrogen-bond donors (Lipinski definition) is 3. The molecule has 3 nitrogen and oxygen atoms in total. The van der Waals surface area contributed by atoms with Gasteiger partial charge in [0.1, 0.15) is 23.2 Å². The molecular formula is C28H35N3P+. The molecule has 3 aromatic rings. The van der Waals surface area contributed by atoms with Gasteiger partial charge in [-0.05, 0) is 62.1 Å². The zero-order valence-electron chi connectivity index (χ0n) is 18.8. The highest BCUT2D eigenvalue weighted by atomic mass is 31.2. The zero-order valence-corrected chi connectivity index (χ0v) is 19.7. The minimum absolute atomic E-state index is 0.0954. The van der Waals surface area contributed by atoms with Crippen molar-refractivity contribution < 1.29 is 0 Å². The van der Waals surface area contributed by atoms with Crippen molar-refractivity contribution in [2.45, 2.75) is 44.9 Å². The number of hydrogen-bond acceptors (Lipinski definition) is 2. The van der Waals surface area contributed by atoms with Crippen LogP contribution < -0.4 is 21.6 Å². The highest BCUT2D eigenvalue weighted by Crippen LogP contribution is 2.55. The average Bonchev–Trinajstić information content (AvgIpc) is 2.82. The second-order valence-electron chi connectivity index (χ2n) is 8.36. The summed E-state index contributed by atoms with van der Waals surface area (Å²) in [4.78, 5) is 0. The number of benzene rings is 3. The van der Waals surface area contributed by atoms with Gasteiger partial charge in [0.2, 0.25) is 0 Å². The fourth-order valence-electron chi connectivity index (χ4n) is 4.42. The lowest BCUT2D eigenvalue weighted by Gasteiger charge is -2.27. The number of amidine groups is 1. The topological polar surface area (TPSA) is 73.7 Å². The standard InChI is InChI=1S/C28H35N3P/c29-24(23-28(30)31)15-7-2-1-3-14-22-32(25-16-8-4-9-17-25,26-18-10-5-11-19-26)27-20-12-6-13-21-27/h4-6,8-13,16-21,29H,1-3,7,14-15,22-23H2,(H3,30,31)/q+1. The van der Waals surface area contributed by atoms with Crippen LogP contribution in [0.1, 0.15) is 44.9 Å². The first-order chi connectivity index (χ1) is 15.6. The third-order valence-corrected chi connectivity index (χ3v) is 10.5. The van der Waals surface area contributed by atoms with E-state index in [2.05, 4.69) is 91.0 Å². The van der Waals surface area contributed by atoms with Crippen molar-refractivity contribution in [1.82, 2.24) is 0 Å². The molecule has 0 radical (unpaired) electrons. The van der Waals surface area contributed by atoms with E-state index in [0.717, 1.165) is 19.3 Å². The van der Waals surface area contributed by atoms with Crippen molar-refractivity contribution >= 4 is 34.7 Å². The van der Waals surface area contributed by atoms with Gasteiger partial charge in [0.25, 0.3) is 0 Å². The third kappa shape index (κ3) is 6.37. The predicted octanol–water partition coefficient (Wildman–Crippen LogP) is 5.67. The van der Waals surface area contributed by atoms with E-state index in [0.29, 0.717) is 12.1 Å². The van der Waals surface area contributed by atoms with Crippen LogP contribution in [-0.2, 0) is 0 Å². The molecule has 0 saturated heterocycles. The van der Waals surface area contributed by atoms with Crippen LogP contribution in [-0.4, -0.2) is 17.7 Å². The average molecular weight is 445 g/mol. The molecule has 0 fully saturated rings. The van der Waals surface area contributed by atoms with Gasteiger partial charge in [-0.25, -0.2) is 0 Å². The summed E-state index contributed by atoms with van der Waals surface area (Å²) in [5, 5.41) is 19.6. The van der Waals surface area contributed by atoms with E-state index in [-0.39, 0.29) is 5.84 Å². The fourth-order valence-corrected chi connectivity index (χ4v) is 8.83. The van der Waals surface area contributed by atoms with Crippen molar-refractivity contribution in [3.8, 4) is 0 Å². The molecule has 0 aliphatic heterocycles. The van der Waals surface area contributed by atoms with Crippen molar-refractivity contribution in [3.05, 3.63) is 91.0 Å². The largest absolute Gasteiger partial charge is 0.387 e. The molecule has 166 valence electrons. The van der Waals surface area contributed by atoms with Crippen LogP contribution in [0.25, 0.3) is 0 Å². The molecule has 0 amide bonds. The van der Waals surface area contributed by atoms with Crippen LogP contribution >= 0.6 is 7.26 Å². The van der Waals surface area contributed by atoms with Crippen LogP contribution in [0.5, 0.6) is 0 Å². The summed E-state index contributed by atoms with van der Waals surface area (Å²) in [6.45, 7) is 0. The molecule has 4 heteroatoms. The van der Waals surface area contributed by atoms with Gasteiger partial charge in [0.05, 0.1) is 12.0 Å². The van der Waals surface area contributed by atoms with Gasteiger partial charge in [-0.3, -0.25) is 5.41 Å². The molecule has 0 aliphatic rings. The van der Waals surface area contributed by atoms with Crippen LogP contribution in [0.4, 0.5) is 0 Å². The summed E-state index contributed by atoms with van der Waals surface area (Å²) < 4.78 is 0. The highest BCUT2D eigenvalue weighted by Gasteiger charge is 2.44. The minimum Gasteiger partial charge on any atom is -0.387 e. The SMILES string of the molecule is N=C(N)CC(=N)CCCCCCC[P+](c1ccccc1)(c1ccccc1)c1ccccc1. The number of rotatable bonds is 13. The molecule has 3 rings (SSSR count). The summed E-state index contributed by atoms with van der Waals surface area (Å²) in [7, 11) is -1.71. The molecule has 0 heterocycles. The van der Waals surface area contributed by atoms with Gasteiger partial charge >= 0.3 is 0 Å². The van der Waals surface area contributed by atoms with E-state index in [1.807, 2.05) is 0 Å². The Balaban J connectivity index is 1.72. The Hall–Kier alpha value is -2.77. The van der Waals surface area contributed by atoms with E-state index in [9.17, 15) is 0 Å². The van der Waals surface area contributed by atoms with E-state index in [1.165, 1.54) is 41.3 Å². The Bertz CT molecular complexity index is 875. The van der Waals surface area contributed by atoms with Crippen LogP contribution in [0.15, 0.2) is 91.0 Å².